The SMILES string of the molecule is [2H]C([2H])([2H])c1cc(-c2cccc(-c3ccc(C(C)(C)C)cc3)c2Nc2ccccc2N)cc(C([2H])([2H])[2H])c1. The summed E-state index contributed by atoms with van der Waals surface area (Å²) in [6.45, 7) is 1.55. The Hall–Kier alpha value is -3.52. The molecule has 0 heterocycles. The Bertz CT molecular complexity index is 1410. The van der Waals surface area contributed by atoms with Crippen molar-refractivity contribution in [2.24, 2.45) is 0 Å². The van der Waals surface area contributed by atoms with E-state index in [1.165, 1.54) is 11.6 Å². The van der Waals surface area contributed by atoms with Crippen LogP contribution in [-0.4, -0.2) is 0 Å². The average Bonchev–Trinajstić information content (AvgIpc) is 2.84. The van der Waals surface area contributed by atoms with Crippen LogP contribution in [0.3, 0.4) is 0 Å². The maximum atomic E-state index is 7.96. The van der Waals surface area contributed by atoms with Crippen LogP contribution in [0, 0.1) is 13.7 Å². The van der Waals surface area contributed by atoms with Gasteiger partial charge in [-0.2, -0.15) is 0 Å². The second kappa shape index (κ2) is 8.55. The Labute approximate surface area is 200 Å². The van der Waals surface area contributed by atoms with Crippen LogP contribution < -0.4 is 11.1 Å². The number of aryl methyl sites for hydroxylation is 2. The zero-order valence-electron chi connectivity index (χ0n) is 24.7. The van der Waals surface area contributed by atoms with Gasteiger partial charge in [0.05, 0.1) is 17.1 Å². The number of hydrogen-bond donors (Lipinski definition) is 2. The number of rotatable bonds is 4. The predicted molar refractivity (Wildman–Crippen MR) is 140 cm³/mol. The highest BCUT2D eigenvalue weighted by Crippen LogP contribution is 2.40. The first kappa shape index (κ1) is 15.3. The van der Waals surface area contributed by atoms with Crippen LogP contribution >= 0.6 is 0 Å². The fourth-order valence-electron chi connectivity index (χ4n) is 3.85. The maximum Gasteiger partial charge on any atom is 0.0618 e. The Morgan fingerprint density at radius 2 is 1.34 bits per heavy atom. The molecule has 4 aromatic rings. The van der Waals surface area contributed by atoms with E-state index in [1.54, 1.807) is 18.2 Å². The van der Waals surface area contributed by atoms with E-state index in [-0.39, 0.29) is 16.5 Å². The molecule has 32 heavy (non-hydrogen) atoms. The standard InChI is InChI=1S/C30H32N2/c1-20-17-21(2)19-23(18-20)26-10-8-9-25(22-13-15-24(16-14-22)30(3,4)5)29(26)32-28-12-7-6-11-27(28)31/h6-19,32H,31H2,1-5H3/i1D3,2D3. The van der Waals surface area contributed by atoms with Crippen molar-refractivity contribution in [1.29, 1.82) is 0 Å². The van der Waals surface area contributed by atoms with E-state index in [2.05, 4.69) is 50.4 Å². The highest BCUT2D eigenvalue weighted by Gasteiger charge is 2.16. The highest BCUT2D eigenvalue weighted by atomic mass is 14.9. The third-order valence-corrected chi connectivity index (χ3v) is 5.59. The van der Waals surface area contributed by atoms with Crippen LogP contribution in [0.4, 0.5) is 17.1 Å². The number of nitrogen functional groups attached to an aromatic ring is 1. The van der Waals surface area contributed by atoms with E-state index in [4.69, 9.17) is 14.0 Å². The van der Waals surface area contributed by atoms with Crippen molar-refractivity contribution in [3.63, 3.8) is 0 Å². The molecule has 4 rings (SSSR count). The third kappa shape index (κ3) is 4.55. The van der Waals surface area contributed by atoms with Gasteiger partial charge in [-0.25, -0.2) is 0 Å². The minimum Gasteiger partial charge on any atom is -0.397 e. The molecule has 0 aliphatic heterocycles. The minimum atomic E-state index is -2.46. The van der Waals surface area contributed by atoms with Crippen molar-refractivity contribution in [2.45, 2.75) is 39.9 Å². The molecule has 162 valence electrons. The third-order valence-electron chi connectivity index (χ3n) is 5.59. The molecular formula is C30H32N2. The number of benzene rings is 4. The lowest BCUT2D eigenvalue weighted by Crippen LogP contribution is -2.10. The molecule has 4 aromatic carbocycles. The molecule has 0 aliphatic carbocycles. The summed E-state index contributed by atoms with van der Waals surface area (Å²) in [6, 6.07) is 25.8. The van der Waals surface area contributed by atoms with Gasteiger partial charge in [-0.15, -0.1) is 0 Å². The normalized spacial score (nSPS) is 15.0. The number of nitrogens with two attached hydrogens (primary N) is 1. The maximum absolute atomic E-state index is 7.96. The van der Waals surface area contributed by atoms with Gasteiger partial charge in [0.2, 0.25) is 0 Å². The lowest BCUT2D eigenvalue weighted by atomic mass is 9.86. The van der Waals surface area contributed by atoms with Gasteiger partial charge in [-0.3, -0.25) is 0 Å². The number of para-hydroxylation sites is 3. The van der Waals surface area contributed by atoms with Gasteiger partial charge in [0.15, 0.2) is 0 Å². The van der Waals surface area contributed by atoms with E-state index in [9.17, 15) is 0 Å². The molecule has 2 nitrogen and oxygen atoms in total. The topological polar surface area (TPSA) is 38.0 Å². The van der Waals surface area contributed by atoms with Crippen molar-refractivity contribution in [3.8, 4) is 22.3 Å². The molecule has 0 aromatic heterocycles. The molecule has 3 N–H and O–H groups in total. The average molecular weight is 427 g/mol. The van der Waals surface area contributed by atoms with E-state index in [1.807, 2.05) is 36.4 Å². The molecular weight excluding hydrogens is 388 g/mol. The zero-order valence-corrected chi connectivity index (χ0v) is 18.7. The fourth-order valence-corrected chi connectivity index (χ4v) is 3.85. The van der Waals surface area contributed by atoms with Crippen LogP contribution in [0.25, 0.3) is 22.3 Å². The quantitative estimate of drug-likeness (QED) is 0.322. The molecule has 0 radical (unpaired) electrons. The molecule has 0 amide bonds. The van der Waals surface area contributed by atoms with E-state index < -0.39 is 13.7 Å². The molecule has 0 bridgehead atoms. The van der Waals surface area contributed by atoms with E-state index in [0.29, 0.717) is 28.2 Å². The molecule has 2 heteroatoms. The summed E-state index contributed by atoms with van der Waals surface area (Å²) < 4.78 is 47.8. The summed E-state index contributed by atoms with van der Waals surface area (Å²) >= 11 is 0. The number of hydrogen-bond acceptors (Lipinski definition) is 2. The molecule has 0 aliphatic rings. The minimum absolute atomic E-state index is 0.00133. The number of anilines is 3. The van der Waals surface area contributed by atoms with Crippen LogP contribution in [0.15, 0.2) is 84.9 Å². The first-order valence-corrected chi connectivity index (χ1v) is 10.7. The fraction of sp³-hybridized carbons (Fsp3) is 0.200. The van der Waals surface area contributed by atoms with Gasteiger partial charge in [-0.1, -0.05) is 105 Å². The van der Waals surface area contributed by atoms with Crippen molar-refractivity contribution >= 4 is 17.1 Å². The first-order valence-electron chi connectivity index (χ1n) is 13.7. The molecule has 0 unspecified atom stereocenters. The van der Waals surface area contributed by atoms with Gasteiger partial charge in [0.1, 0.15) is 0 Å². The van der Waals surface area contributed by atoms with Crippen molar-refractivity contribution in [3.05, 3.63) is 102 Å². The number of nitrogens with one attached hydrogen (secondary N) is 1. The zero-order chi connectivity index (χ0) is 27.9. The largest absolute Gasteiger partial charge is 0.397 e. The van der Waals surface area contributed by atoms with Crippen LogP contribution in [0.2, 0.25) is 0 Å². The predicted octanol–water partition coefficient (Wildman–Crippen LogP) is 8.26. The molecule has 0 saturated heterocycles. The van der Waals surface area contributed by atoms with Gasteiger partial charge in [0.25, 0.3) is 0 Å². The lowest BCUT2D eigenvalue weighted by molar-refractivity contribution is 0.590. The summed E-state index contributed by atoms with van der Waals surface area (Å²) in [4.78, 5) is 0. The van der Waals surface area contributed by atoms with Crippen molar-refractivity contribution in [2.75, 3.05) is 11.1 Å². The summed E-state index contributed by atoms with van der Waals surface area (Å²) in [5, 5.41) is 3.46. The smallest absolute Gasteiger partial charge is 0.0618 e. The van der Waals surface area contributed by atoms with Gasteiger partial charge < -0.3 is 11.1 Å². The Kier molecular flexibility index (Phi) is 4.09. The van der Waals surface area contributed by atoms with Crippen LogP contribution in [0.1, 0.15) is 45.7 Å². The molecule has 0 spiro atoms. The Morgan fingerprint density at radius 3 is 1.94 bits per heavy atom. The lowest BCUT2D eigenvalue weighted by Gasteiger charge is -2.21. The van der Waals surface area contributed by atoms with Gasteiger partial charge in [0, 0.05) is 19.4 Å². The van der Waals surface area contributed by atoms with Gasteiger partial charge in [-0.05, 0) is 47.9 Å². The molecule has 0 fully saturated rings. The Balaban J connectivity index is 1.98. The van der Waals surface area contributed by atoms with E-state index >= 15 is 0 Å². The summed E-state index contributed by atoms with van der Waals surface area (Å²) in [5.41, 5.74) is 12.4. The van der Waals surface area contributed by atoms with Crippen molar-refractivity contribution < 1.29 is 8.22 Å². The summed E-state index contributed by atoms with van der Waals surface area (Å²) in [6.07, 6.45) is 0. The van der Waals surface area contributed by atoms with Gasteiger partial charge >= 0.3 is 0 Å². The summed E-state index contributed by atoms with van der Waals surface area (Å²) in [7, 11) is 0. The second-order valence-corrected chi connectivity index (χ2v) is 9.07. The van der Waals surface area contributed by atoms with E-state index in [0.717, 1.165) is 11.1 Å². The highest BCUT2D eigenvalue weighted by molar-refractivity contribution is 5.94. The first-order chi connectivity index (χ1) is 17.6. The Morgan fingerprint density at radius 1 is 0.719 bits per heavy atom. The monoisotopic (exact) mass is 426 g/mol. The van der Waals surface area contributed by atoms with Crippen LogP contribution in [0.5, 0.6) is 0 Å². The molecule has 0 saturated carbocycles. The van der Waals surface area contributed by atoms with Crippen molar-refractivity contribution in [1.82, 2.24) is 0 Å². The summed E-state index contributed by atoms with van der Waals surface area (Å²) in [5.74, 6) is 0. The van der Waals surface area contributed by atoms with Crippen LogP contribution in [-0.2, 0) is 5.41 Å². The second-order valence-electron chi connectivity index (χ2n) is 9.07. The molecule has 0 atom stereocenters.